The van der Waals surface area contributed by atoms with Crippen LogP contribution in [0.25, 0.3) is 0 Å². The minimum Gasteiger partial charge on any atom is -0.358 e. The first kappa shape index (κ1) is 16.9. The topological polar surface area (TPSA) is 6.48 Å². The van der Waals surface area contributed by atoms with E-state index in [4.69, 9.17) is 0 Å². The van der Waals surface area contributed by atoms with Gasteiger partial charge in [0.2, 0.25) is 0 Å². The van der Waals surface area contributed by atoms with E-state index in [1.807, 2.05) is 0 Å². The zero-order valence-electron chi connectivity index (χ0n) is 12.8. The van der Waals surface area contributed by atoms with Gasteiger partial charge in [0, 0.05) is 25.5 Å². The van der Waals surface area contributed by atoms with Crippen molar-refractivity contribution in [2.24, 2.45) is 0 Å². The van der Waals surface area contributed by atoms with Crippen molar-refractivity contribution in [3.63, 3.8) is 0 Å². The Hall–Kier alpha value is -1.49. The number of rotatable bonds is 6. The minimum atomic E-state index is 0. The third kappa shape index (κ3) is 5.05. The molecule has 0 atom stereocenters. The predicted octanol–water partition coefficient (Wildman–Crippen LogP) is 4.14. The van der Waals surface area contributed by atoms with Crippen LogP contribution in [0.15, 0.2) is 73.1 Å². The third-order valence-corrected chi connectivity index (χ3v) is 3.91. The second kappa shape index (κ2) is 8.83. The molecular formula is C19H23IN2. The van der Waals surface area contributed by atoms with E-state index in [0.29, 0.717) is 0 Å². The second-order valence-corrected chi connectivity index (χ2v) is 5.54. The average molecular weight is 406 g/mol. The standard InChI is InChI=1S/C19H22N2.HI/c1-3-7-18(8-4-1)11-13-20-15-16-21(17-20)14-12-19-9-5-2-6-10-19;/h1-10,15-16H,11-14,17H2;1H. The number of halogens is 1. The zero-order chi connectivity index (χ0) is 14.3. The van der Waals surface area contributed by atoms with E-state index in [-0.39, 0.29) is 24.0 Å². The van der Waals surface area contributed by atoms with Gasteiger partial charge in [-0.3, -0.25) is 0 Å². The van der Waals surface area contributed by atoms with Gasteiger partial charge >= 0.3 is 0 Å². The van der Waals surface area contributed by atoms with E-state index in [1.165, 1.54) is 11.1 Å². The SMILES string of the molecule is C1=CN(CCc2ccccc2)CN1CCc1ccccc1.I. The quantitative estimate of drug-likeness (QED) is 0.666. The lowest BCUT2D eigenvalue weighted by Crippen LogP contribution is -2.28. The van der Waals surface area contributed by atoms with Crippen LogP contribution in [-0.4, -0.2) is 29.6 Å². The maximum Gasteiger partial charge on any atom is 0.0893 e. The van der Waals surface area contributed by atoms with Crippen molar-refractivity contribution in [1.29, 1.82) is 0 Å². The van der Waals surface area contributed by atoms with Gasteiger partial charge in [0.05, 0.1) is 6.67 Å². The molecule has 0 saturated heterocycles. The zero-order valence-corrected chi connectivity index (χ0v) is 15.1. The molecular weight excluding hydrogens is 383 g/mol. The molecule has 0 unspecified atom stereocenters. The average Bonchev–Trinajstić information content (AvgIpc) is 3.01. The van der Waals surface area contributed by atoms with Crippen LogP contribution in [0.4, 0.5) is 0 Å². The largest absolute Gasteiger partial charge is 0.358 e. The van der Waals surface area contributed by atoms with E-state index < -0.39 is 0 Å². The smallest absolute Gasteiger partial charge is 0.0893 e. The Kier molecular flexibility index (Phi) is 6.77. The van der Waals surface area contributed by atoms with Crippen LogP contribution in [-0.2, 0) is 12.8 Å². The number of hydrogen-bond donors (Lipinski definition) is 0. The molecule has 0 radical (unpaired) electrons. The van der Waals surface area contributed by atoms with Crippen molar-refractivity contribution in [3.05, 3.63) is 84.2 Å². The molecule has 1 aliphatic rings. The van der Waals surface area contributed by atoms with Crippen molar-refractivity contribution in [2.75, 3.05) is 19.8 Å². The summed E-state index contributed by atoms with van der Waals surface area (Å²) in [6.07, 6.45) is 6.65. The van der Waals surface area contributed by atoms with Crippen molar-refractivity contribution in [2.45, 2.75) is 12.8 Å². The third-order valence-electron chi connectivity index (χ3n) is 3.91. The fraction of sp³-hybridized carbons (Fsp3) is 0.263. The lowest BCUT2D eigenvalue weighted by atomic mass is 10.1. The summed E-state index contributed by atoms with van der Waals surface area (Å²) < 4.78 is 0. The van der Waals surface area contributed by atoms with Crippen LogP contribution in [0.5, 0.6) is 0 Å². The Balaban J connectivity index is 0.00000176. The molecule has 22 heavy (non-hydrogen) atoms. The minimum absolute atomic E-state index is 0. The predicted molar refractivity (Wildman–Crippen MR) is 103 cm³/mol. The van der Waals surface area contributed by atoms with E-state index in [9.17, 15) is 0 Å². The summed E-state index contributed by atoms with van der Waals surface area (Å²) in [5, 5.41) is 0. The Morgan fingerprint density at radius 3 is 1.45 bits per heavy atom. The van der Waals surface area contributed by atoms with Gasteiger partial charge in [0.15, 0.2) is 0 Å². The molecule has 3 heteroatoms. The lowest BCUT2D eigenvalue weighted by molar-refractivity contribution is 0.269. The highest BCUT2D eigenvalue weighted by Crippen LogP contribution is 2.10. The van der Waals surface area contributed by atoms with Gasteiger partial charge in [-0.2, -0.15) is 0 Å². The summed E-state index contributed by atoms with van der Waals surface area (Å²) in [7, 11) is 0. The van der Waals surface area contributed by atoms with E-state index >= 15 is 0 Å². The van der Waals surface area contributed by atoms with Crippen LogP contribution >= 0.6 is 24.0 Å². The summed E-state index contributed by atoms with van der Waals surface area (Å²) >= 11 is 0. The normalized spacial score (nSPS) is 13.3. The van der Waals surface area contributed by atoms with Crippen LogP contribution < -0.4 is 0 Å². The molecule has 116 valence electrons. The highest BCUT2D eigenvalue weighted by molar-refractivity contribution is 14.0. The fourth-order valence-electron chi connectivity index (χ4n) is 2.64. The number of nitrogens with zero attached hydrogens (tertiary/aromatic N) is 2. The fourth-order valence-corrected chi connectivity index (χ4v) is 2.64. The first-order valence-electron chi connectivity index (χ1n) is 7.64. The van der Waals surface area contributed by atoms with Crippen LogP contribution in [0.2, 0.25) is 0 Å². The molecule has 2 nitrogen and oxygen atoms in total. The molecule has 3 rings (SSSR count). The highest BCUT2D eigenvalue weighted by Gasteiger charge is 2.11. The van der Waals surface area contributed by atoms with Gasteiger partial charge in [-0.05, 0) is 24.0 Å². The molecule has 0 amide bonds. The van der Waals surface area contributed by atoms with Gasteiger partial charge in [-0.15, -0.1) is 24.0 Å². The molecule has 0 aliphatic carbocycles. The van der Waals surface area contributed by atoms with Crippen LogP contribution in [0.1, 0.15) is 11.1 Å². The monoisotopic (exact) mass is 406 g/mol. The van der Waals surface area contributed by atoms with Crippen LogP contribution in [0, 0.1) is 0 Å². The van der Waals surface area contributed by atoms with Gasteiger partial charge in [-0.25, -0.2) is 0 Å². The van der Waals surface area contributed by atoms with Gasteiger partial charge in [0.25, 0.3) is 0 Å². The number of hydrogen-bond acceptors (Lipinski definition) is 2. The number of benzene rings is 2. The molecule has 0 saturated carbocycles. The molecule has 0 fully saturated rings. The Morgan fingerprint density at radius 1 is 0.636 bits per heavy atom. The summed E-state index contributed by atoms with van der Waals surface area (Å²) in [6, 6.07) is 21.4. The Bertz CT molecular complexity index is 517. The highest BCUT2D eigenvalue weighted by atomic mass is 127. The molecule has 1 heterocycles. The first-order chi connectivity index (χ1) is 10.4. The second-order valence-electron chi connectivity index (χ2n) is 5.54. The molecule has 0 spiro atoms. The maximum atomic E-state index is 2.39. The summed E-state index contributed by atoms with van der Waals surface area (Å²) in [5.41, 5.74) is 2.82. The Morgan fingerprint density at radius 2 is 1.05 bits per heavy atom. The summed E-state index contributed by atoms with van der Waals surface area (Å²) in [4.78, 5) is 4.77. The van der Waals surface area contributed by atoms with Crippen molar-refractivity contribution >= 4 is 24.0 Å². The molecule has 1 aliphatic heterocycles. The van der Waals surface area contributed by atoms with Crippen LogP contribution in [0.3, 0.4) is 0 Å². The van der Waals surface area contributed by atoms with Crippen molar-refractivity contribution in [3.8, 4) is 0 Å². The van der Waals surface area contributed by atoms with Gasteiger partial charge in [-0.1, -0.05) is 60.7 Å². The van der Waals surface area contributed by atoms with Crippen molar-refractivity contribution < 1.29 is 0 Å². The van der Waals surface area contributed by atoms with Crippen molar-refractivity contribution in [1.82, 2.24) is 9.80 Å². The molecule has 0 aromatic heterocycles. The molecule has 0 N–H and O–H groups in total. The lowest BCUT2D eigenvalue weighted by Gasteiger charge is -2.21. The van der Waals surface area contributed by atoms with E-state index in [0.717, 1.165) is 32.6 Å². The summed E-state index contributed by atoms with van der Waals surface area (Å²) in [5.74, 6) is 0. The maximum absolute atomic E-state index is 2.39. The molecule has 2 aromatic carbocycles. The summed E-state index contributed by atoms with van der Waals surface area (Å²) in [6.45, 7) is 3.18. The van der Waals surface area contributed by atoms with E-state index in [1.54, 1.807) is 0 Å². The van der Waals surface area contributed by atoms with E-state index in [2.05, 4.69) is 82.9 Å². The Labute approximate surface area is 150 Å². The van der Waals surface area contributed by atoms with Gasteiger partial charge < -0.3 is 9.80 Å². The molecule has 2 aromatic rings. The van der Waals surface area contributed by atoms with Gasteiger partial charge in [0.1, 0.15) is 0 Å². The first-order valence-corrected chi connectivity index (χ1v) is 7.64. The molecule has 0 bridgehead atoms.